The van der Waals surface area contributed by atoms with Crippen molar-refractivity contribution in [3.05, 3.63) is 19.2 Å². The lowest BCUT2D eigenvalue weighted by molar-refractivity contribution is 0.433. The molecular weight excluding hydrogens is 99.1 g/mol. The topological polar surface area (TPSA) is 3.24 Å². The number of nitrogens with zero attached hydrogens (tertiary/aromatic N) is 1. The predicted molar refractivity (Wildman–Crippen MR) is 35.3 cm³/mol. The summed E-state index contributed by atoms with van der Waals surface area (Å²) in [6.07, 6.45) is 4.56. The number of hydrogen-bond donors (Lipinski definition) is 0. The van der Waals surface area contributed by atoms with Crippen LogP contribution in [0.2, 0.25) is 0 Å². The maximum atomic E-state index is 3.63. The molecular formula is C7H12N. The molecule has 1 rings (SSSR count). The van der Waals surface area contributed by atoms with Gasteiger partial charge in [0.25, 0.3) is 0 Å². The second kappa shape index (κ2) is 2.88. The molecule has 1 aliphatic heterocycles. The van der Waals surface area contributed by atoms with Crippen molar-refractivity contribution >= 4 is 0 Å². The quantitative estimate of drug-likeness (QED) is 0.487. The lowest BCUT2D eigenvalue weighted by atomic mass is 10.4. The molecule has 0 aliphatic carbocycles. The highest BCUT2D eigenvalue weighted by Crippen LogP contribution is 2.08. The molecule has 1 nitrogen and oxygen atoms in total. The SMILES string of the molecule is C=C[CH]N1CCC[13CH2]1. The van der Waals surface area contributed by atoms with Crippen LogP contribution in [0.1, 0.15) is 12.8 Å². The summed E-state index contributed by atoms with van der Waals surface area (Å²) in [7, 11) is 0. The van der Waals surface area contributed by atoms with Crippen molar-refractivity contribution in [2.45, 2.75) is 12.8 Å². The molecule has 0 N–H and O–H groups in total. The van der Waals surface area contributed by atoms with E-state index in [2.05, 4.69) is 18.0 Å². The first-order valence-corrected chi connectivity index (χ1v) is 3.13. The minimum atomic E-state index is 1.23. The Kier molecular flexibility index (Phi) is 2.10. The van der Waals surface area contributed by atoms with Crippen molar-refractivity contribution in [2.75, 3.05) is 13.1 Å². The largest absolute Gasteiger partial charge is 0.295 e. The molecule has 0 unspecified atom stereocenters. The van der Waals surface area contributed by atoms with E-state index in [4.69, 9.17) is 0 Å². The van der Waals surface area contributed by atoms with Crippen LogP contribution in [0.25, 0.3) is 0 Å². The van der Waals surface area contributed by atoms with Gasteiger partial charge >= 0.3 is 0 Å². The monoisotopic (exact) mass is 111 g/mol. The van der Waals surface area contributed by atoms with E-state index in [1.807, 2.05) is 6.08 Å². The van der Waals surface area contributed by atoms with Gasteiger partial charge in [-0.05, 0) is 25.9 Å². The first-order chi connectivity index (χ1) is 3.93. The average Bonchev–Trinajstić information content (AvgIpc) is 2.19. The van der Waals surface area contributed by atoms with Gasteiger partial charge in [0, 0.05) is 6.54 Å². The molecule has 1 saturated heterocycles. The van der Waals surface area contributed by atoms with Crippen LogP contribution >= 0.6 is 0 Å². The van der Waals surface area contributed by atoms with Gasteiger partial charge in [-0.3, -0.25) is 4.90 Å². The van der Waals surface area contributed by atoms with Crippen molar-refractivity contribution in [3.8, 4) is 0 Å². The van der Waals surface area contributed by atoms with Crippen LogP contribution in [0.5, 0.6) is 0 Å². The highest BCUT2D eigenvalue weighted by atomic mass is 15.3. The molecule has 0 atom stereocenters. The Morgan fingerprint density at radius 3 is 2.38 bits per heavy atom. The van der Waals surface area contributed by atoms with Gasteiger partial charge in [-0.2, -0.15) is 0 Å². The van der Waals surface area contributed by atoms with Crippen LogP contribution in [0.3, 0.4) is 0 Å². The molecule has 0 spiro atoms. The highest BCUT2D eigenvalue weighted by Gasteiger charge is 2.08. The minimum absolute atomic E-state index is 1.23. The van der Waals surface area contributed by atoms with Gasteiger partial charge in [-0.25, -0.2) is 0 Å². The third-order valence-corrected chi connectivity index (χ3v) is 1.46. The molecule has 1 heteroatoms. The van der Waals surface area contributed by atoms with E-state index in [1.54, 1.807) is 0 Å². The first kappa shape index (κ1) is 5.83. The van der Waals surface area contributed by atoms with Gasteiger partial charge in [0.15, 0.2) is 0 Å². The smallest absolute Gasteiger partial charge is 0.0467 e. The molecule has 1 heterocycles. The standard InChI is InChI=1S/C7H12N/c1-2-5-8-6-3-4-7-8/h2,5H,1,3-4,6-7H2/i6+1. The Labute approximate surface area is 51.0 Å². The second-order valence-corrected chi connectivity index (χ2v) is 2.13. The fourth-order valence-corrected chi connectivity index (χ4v) is 1.04. The van der Waals surface area contributed by atoms with Crippen LogP contribution in [0.15, 0.2) is 12.7 Å². The Balaban J connectivity index is 2.14. The molecule has 1 aliphatic rings. The molecule has 8 heavy (non-hydrogen) atoms. The van der Waals surface area contributed by atoms with Gasteiger partial charge in [-0.1, -0.05) is 6.08 Å². The Hall–Kier alpha value is -0.300. The Morgan fingerprint density at radius 2 is 1.88 bits per heavy atom. The van der Waals surface area contributed by atoms with Crippen molar-refractivity contribution in [1.82, 2.24) is 4.90 Å². The Morgan fingerprint density at radius 1 is 1.25 bits per heavy atom. The maximum Gasteiger partial charge on any atom is 0.0467 e. The zero-order valence-electron chi connectivity index (χ0n) is 5.14. The first-order valence-electron chi connectivity index (χ1n) is 3.13. The third kappa shape index (κ3) is 1.34. The summed E-state index contributed by atoms with van der Waals surface area (Å²) < 4.78 is 0. The van der Waals surface area contributed by atoms with Gasteiger partial charge in [-0.15, -0.1) is 6.58 Å². The molecule has 1 radical (unpaired) electrons. The summed E-state index contributed by atoms with van der Waals surface area (Å²) in [5, 5.41) is 0. The lowest BCUT2D eigenvalue weighted by Crippen LogP contribution is -2.13. The average molecular weight is 111 g/mol. The third-order valence-electron chi connectivity index (χ3n) is 1.46. The zero-order valence-corrected chi connectivity index (χ0v) is 5.14. The van der Waals surface area contributed by atoms with Crippen LogP contribution in [-0.2, 0) is 0 Å². The molecule has 0 aromatic carbocycles. The van der Waals surface area contributed by atoms with Crippen molar-refractivity contribution in [1.29, 1.82) is 0 Å². The van der Waals surface area contributed by atoms with Crippen LogP contribution < -0.4 is 0 Å². The van der Waals surface area contributed by atoms with Crippen molar-refractivity contribution in [2.24, 2.45) is 0 Å². The van der Waals surface area contributed by atoms with E-state index in [0.717, 1.165) is 0 Å². The molecule has 0 saturated carbocycles. The van der Waals surface area contributed by atoms with Crippen molar-refractivity contribution < 1.29 is 0 Å². The van der Waals surface area contributed by atoms with Gasteiger partial charge in [0.2, 0.25) is 0 Å². The van der Waals surface area contributed by atoms with E-state index < -0.39 is 0 Å². The fraction of sp³-hybridized carbons (Fsp3) is 0.571. The summed E-state index contributed by atoms with van der Waals surface area (Å²) in [6, 6.07) is 0. The van der Waals surface area contributed by atoms with E-state index in [9.17, 15) is 0 Å². The molecule has 0 aromatic rings. The van der Waals surface area contributed by atoms with E-state index in [0.29, 0.717) is 0 Å². The summed E-state index contributed by atoms with van der Waals surface area (Å²) in [5.74, 6) is 0. The van der Waals surface area contributed by atoms with Crippen LogP contribution in [-0.4, -0.2) is 18.0 Å². The molecule has 0 aromatic heterocycles. The van der Waals surface area contributed by atoms with Gasteiger partial charge < -0.3 is 0 Å². The van der Waals surface area contributed by atoms with Crippen LogP contribution in [0, 0.1) is 6.54 Å². The number of hydrogen-bond acceptors (Lipinski definition) is 1. The number of likely N-dealkylation sites (tertiary alicyclic amines) is 1. The van der Waals surface area contributed by atoms with E-state index in [-0.39, 0.29) is 0 Å². The molecule has 0 amide bonds. The summed E-state index contributed by atoms with van der Waals surface area (Å²) >= 11 is 0. The highest BCUT2D eigenvalue weighted by molar-refractivity contribution is 4.88. The van der Waals surface area contributed by atoms with Gasteiger partial charge in [0.05, 0.1) is 0 Å². The molecule has 45 valence electrons. The predicted octanol–water partition coefficient (Wildman–Crippen LogP) is 1.43. The van der Waals surface area contributed by atoms with E-state index in [1.165, 1.54) is 25.9 Å². The molecule has 0 bridgehead atoms. The Bertz CT molecular complexity index is 72.5. The van der Waals surface area contributed by atoms with Gasteiger partial charge in [0.1, 0.15) is 0 Å². The van der Waals surface area contributed by atoms with Crippen molar-refractivity contribution in [3.63, 3.8) is 0 Å². The van der Waals surface area contributed by atoms with E-state index >= 15 is 0 Å². The van der Waals surface area contributed by atoms with Crippen LogP contribution in [0.4, 0.5) is 0 Å². The fourth-order valence-electron chi connectivity index (χ4n) is 1.04. The summed E-state index contributed by atoms with van der Waals surface area (Å²) in [5.41, 5.74) is 0. The summed E-state index contributed by atoms with van der Waals surface area (Å²) in [4.78, 5) is 2.30. The lowest BCUT2D eigenvalue weighted by Gasteiger charge is -2.08. The minimum Gasteiger partial charge on any atom is -0.295 e. The normalized spacial score (nSPS) is 21.5. The molecule has 1 fully saturated rings. The zero-order chi connectivity index (χ0) is 5.82. The second-order valence-electron chi connectivity index (χ2n) is 2.13. The number of rotatable bonds is 2. The maximum absolute atomic E-state index is 3.63. The summed E-state index contributed by atoms with van der Waals surface area (Å²) in [6.45, 7) is 8.15.